The molecule has 0 aliphatic heterocycles. The van der Waals surface area contributed by atoms with E-state index in [0.29, 0.717) is 10.0 Å². The Morgan fingerprint density at radius 3 is 2.12 bits per heavy atom. The molecule has 1 atom stereocenters. The third kappa shape index (κ3) is 5.54. The minimum atomic E-state index is -3.18. The van der Waals surface area contributed by atoms with Crippen molar-refractivity contribution in [3.63, 3.8) is 0 Å². The van der Waals surface area contributed by atoms with Crippen LogP contribution >= 0.6 is 12.2 Å². The molecule has 0 bridgehead atoms. The summed E-state index contributed by atoms with van der Waals surface area (Å²) < 4.78 is 23.1. The van der Waals surface area contributed by atoms with Gasteiger partial charge in [0.1, 0.15) is 0 Å². The van der Waals surface area contributed by atoms with Crippen molar-refractivity contribution in [2.45, 2.75) is 38.1 Å². The van der Waals surface area contributed by atoms with Gasteiger partial charge < -0.3 is 10.6 Å². The summed E-state index contributed by atoms with van der Waals surface area (Å²) in [6, 6.07) is 13.1. The van der Waals surface area contributed by atoms with Gasteiger partial charge in [0.2, 0.25) is 0 Å². The van der Waals surface area contributed by atoms with E-state index in [1.807, 2.05) is 38.1 Å². The maximum Gasteiger partial charge on any atom is 0.175 e. The number of hydrogen-bond acceptors (Lipinski definition) is 3. The fraction of sp³-hybridized carbons (Fsp3) is 0.316. The number of anilines is 1. The molecule has 0 unspecified atom stereocenters. The summed E-state index contributed by atoms with van der Waals surface area (Å²) in [7, 11) is -3.18. The molecule has 6 heteroatoms. The summed E-state index contributed by atoms with van der Waals surface area (Å²) in [6.07, 6.45) is 2.04. The maximum atomic E-state index is 11.6. The molecule has 25 heavy (non-hydrogen) atoms. The Balaban J connectivity index is 2.09. The van der Waals surface area contributed by atoms with E-state index in [1.54, 1.807) is 12.1 Å². The van der Waals surface area contributed by atoms with E-state index >= 15 is 0 Å². The van der Waals surface area contributed by atoms with Crippen LogP contribution in [0.2, 0.25) is 0 Å². The SMILES string of the molecule is CC[C@@H](NC(=S)Nc1cc(C)cc(C)c1)c1ccc(S(C)(=O)=O)cc1. The van der Waals surface area contributed by atoms with Crippen molar-refractivity contribution in [3.05, 3.63) is 59.2 Å². The molecule has 0 fully saturated rings. The summed E-state index contributed by atoms with van der Waals surface area (Å²) in [5, 5.41) is 7.06. The van der Waals surface area contributed by atoms with Crippen LogP contribution < -0.4 is 10.6 Å². The average molecular weight is 377 g/mol. The Morgan fingerprint density at radius 1 is 1.08 bits per heavy atom. The van der Waals surface area contributed by atoms with Crippen molar-refractivity contribution in [1.82, 2.24) is 5.32 Å². The Morgan fingerprint density at radius 2 is 1.64 bits per heavy atom. The number of thiocarbonyl (C=S) groups is 1. The molecule has 2 aromatic rings. The molecule has 0 amide bonds. The van der Waals surface area contributed by atoms with Crippen LogP contribution in [0.5, 0.6) is 0 Å². The molecule has 0 saturated carbocycles. The largest absolute Gasteiger partial charge is 0.356 e. The second kappa shape index (κ2) is 7.97. The van der Waals surface area contributed by atoms with Crippen molar-refractivity contribution in [2.75, 3.05) is 11.6 Å². The monoisotopic (exact) mass is 376 g/mol. The lowest BCUT2D eigenvalue weighted by atomic mass is 10.1. The first-order valence-corrected chi connectivity index (χ1v) is 10.4. The number of benzene rings is 2. The maximum absolute atomic E-state index is 11.6. The standard InChI is InChI=1S/C19H24N2O2S2/c1-5-18(15-6-8-17(9-7-15)25(4,22)23)21-19(24)20-16-11-13(2)10-14(3)12-16/h6-12,18H,5H2,1-4H3,(H2,20,21,24)/t18-/m1/s1. The topological polar surface area (TPSA) is 58.2 Å². The Labute approximate surface area is 155 Å². The van der Waals surface area contributed by atoms with Crippen molar-refractivity contribution in [1.29, 1.82) is 0 Å². The molecule has 4 nitrogen and oxygen atoms in total. The van der Waals surface area contributed by atoms with E-state index in [2.05, 4.69) is 23.6 Å². The predicted octanol–water partition coefficient (Wildman–Crippen LogP) is 4.14. The molecule has 0 aliphatic carbocycles. The summed E-state index contributed by atoms with van der Waals surface area (Å²) in [5.74, 6) is 0. The zero-order chi connectivity index (χ0) is 18.6. The number of sulfone groups is 1. The molecule has 2 rings (SSSR count). The van der Waals surface area contributed by atoms with Crippen molar-refractivity contribution in [2.24, 2.45) is 0 Å². The second-order valence-electron chi connectivity index (χ2n) is 6.28. The van der Waals surface area contributed by atoms with Gasteiger partial charge >= 0.3 is 0 Å². The molecule has 0 heterocycles. The molecular formula is C19H24N2O2S2. The van der Waals surface area contributed by atoms with Crippen LogP contribution in [0.15, 0.2) is 47.4 Å². The fourth-order valence-corrected chi connectivity index (χ4v) is 3.63. The van der Waals surface area contributed by atoms with Gasteiger partial charge in [0.15, 0.2) is 14.9 Å². The van der Waals surface area contributed by atoms with Crippen molar-refractivity contribution < 1.29 is 8.42 Å². The lowest BCUT2D eigenvalue weighted by Crippen LogP contribution is -2.32. The van der Waals surface area contributed by atoms with Gasteiger partial charge in [-0.15, -0.1) is 0 Å². The third-order valence-corrected chi connectivity index (χ3v) is 5.25. The molecule has 0 saturated heterocycles. The average Bonchev–Trinajstić information content (AvgIpc) is 2.51. The lowest BCUT2D eigenvalue weighted by Gasteiger charge is -2.20. The van der Waals surface area contributed by atoms with Crippen LogP contribution in [0.4, 0.5) is 5.69 Å². The van der Waals surface area contributed by atoms with Gasteiger partial charge in [0.05, 0.1) is 10.9 Å². The van der Waals surface area contributed by atoms with Gasteiger partial charge in [0.25, 0.3) is 0 Å². The van der Waals surface area contributed by atoms with Crippen LogP contribution in [0.25, 0.3) is 0 Å². The smallest absolute Gasteiger partial charge is 0.175 e. The fourth-order valence-electron chi connectivity index (χ4n) is 2.74. The minimum absolute atomic E-state index is 0.0134. The number of hydrogen-bond donors (Lipinski definition) is 2. The summed E-state index contributed by atoms with van der Waals surface area (Å²) in [6.45, 7) is 6.15. The highest BCUT2D eigenvalue weighted by molar-refractivity contribution is 7.90. The minimum Gasteiger partial charge on any atom is -0.356 e. The molecule has 0 aliphatic rings. The molecule has 0 radical (unpaired) electrons. The highest BCUT2D eigenvalue weighted by Crippen LogP contribution is 2.20. The van der Waals surface area contributed by atoms with E-state index in [1.165, 1.54) is 17.4 Å². The third-order valence-electron chi connectivity index (χ3n) is 3.90. The van der Waals surface area contributed by atoms with Crippen LogP contribution in [0, 0.1) is 13.8 Å². The Kier molecular flexibility index (Phi) is 6.19. The van der Waals surface area contributed by atoms with Crippen LogP contribution in [0.1, 0.15) is 36.1 Å². The lowest BCUT2D eigenvalue weighted by molar-refractivity contribution is 0.601. The zero-order valence-electron chi connectivity index (χ0n) is 15.0. The van der Waals surface area contributed by atoms with E-state index in [0.717, 1.165) is 17.7 Å². The first-order valence-electron chi connectivity index (χ1n) is 8.15. The van der Waals surface area contributed by atoms with Gasteiger partial charge in [-0.25, -0.2) is 8.42 Å². The van der Waals surface area contributed by atoms with Crippen molar-refractivity contribution in [3.8, 4) is 0 Å². The molecule has 2 aromatic carbocycles. The normalized spacial score (nSPS) is 12.5. The Bertz CT molecular complexity index is 839. The first-order chi connectivity index (χ1) is 11.7. The predicted molar refractivity (Wildman–Crippen MR) is 108 cm³/mol. The van der Waals surface area contributed by atoms with Gasteiger partial charge in [-0.1, -0.05) is 25.1 Å². The van der Waals surface area contributed by atoms with E-state index in [4.69, 9.17) is 12.2 Å². The number of nitrogens with one attached hydrogen (secondary N) is 2. The molecule has 134 valence electrons. The highest BCUT2D eigenvalue weighted by Gasteiger charge is 2.13. The van der Waals surface area contributed by atoms with Gasteiger partial charge in [-0.05, 0) is 73.4 Å². The van der Waals surface area contributed by atoms with Crippen molar-refractivity contribution >= 4 is 32.9 Å². The van der Waals surface area contributed by atoms with Crippen LogP contribution in [-0.2, 0) is 9.84 Å². The number of rotatable bonds is 5. The molecule has 2 N–H and O–H groups in total. The first kappa shape index (κ1) is 19.4. The van der Waals surface area contributed by atoms with Gasteiger partial charge in [-0.3, -0.25) is 0 Å². The van der Waals surface area contributed by atoms with Gasteiger partial charge in [-0.2, -0.15) is 0 Å². The quantitative estimate of drug-likeness (QED) is 0.768. The Hall–Kier alpha value is -1.92. The second-order valence-corrected chi connectivity index (χ2v) is 8.70. The van der Waals surface area contributed by atoms with Crippen LogP contribution in [0.3, 0.4) is 0 Å². The summed E-state index contributed by atoms with van der Waals surface area (Å²) in [5.41, 5.74) is 4.30. The molecule has 0 aromatic heterocycles. The highest BCUT2D eigenvalue weighted by atomic mass is 32.2. The number of aryl methyl sites for hydroxylation is 2. The van der Waals surface area contributed by atoms with Gasteiger partial charge in [0, 0.05) is 11.9 Å². The zero-order valence-corrected chi connectivity index (χ0v) is 16.6. The molecular weight excluding hydrogens is 352 g/mol. The van der Waals surface area contributed by atoms with E-state index < -0.39 is 9.84 Å². The summed E-state index contributed by atoms with van der Waals surface area (Å²) >= 11 is 5.43. The van der Waals surface area contributed by atoms with E-state index in [-0.39, 0.29) is 6.04 Å². The van der Waals surface area contributed by atoms with E-state index in [9.17, 15) is 8.42 Å². The summed E-state index contributed by atoms with van der Waals surface area (Å²) in [4.78, 5) is 0.321. The van der Waals surface area contributed by atoms with Crippen LogP contribution in [-0.4, -0.2) is 19.8 Å². The molecule has 0 spiro atoms.